The van der Waals surface area contributed by atoms with Gasteiger partial charge in [0, 0.05) is 11.9 Å². The molecule has 3 rings (SSSR count). The molecule has 3 aromatic rings. The van der Waals surface area contributed by atoms with Crippen molar-refractivity contribution in [3.05, 3.63) is 54.5 Å². The summed E-state index contributed by atoms with van der Waals surface area (Å²) in [7, 11) is 0. The summed E-state index contributed by atoms with van der Waals surface area (Å²) < 4.78 is 38.2. The Balaban J connectivity index is 1.86. The van der Waals surface area contributed by atoms with Gasteiger partial charge in [0.15, 0.2) is 5.82 Å². The fourth-order valence-electron chi connectivity index (χ4n) is 1.92. The topological polar surface area (TPSA) is 89.6 Å². The van der Waals surface area contributed by atoms with Gasteiger partial charge in [-0.15, -0.1) is 0 Å². The normalized spacial score (nSPS) is 11.3. The van der Waals surface area contributed by atoms with Gasteiger partial charge in [-0.05, 0) is 24.3 Å². The number of nitrogens with two attached hydrogens (primary N) is 1. The number of benzene rings is 1. The highest BCUT2D eigenvalue weighted by molar-refractivity contribution is 5.58. The molecule has 6 nitrogen and oxygen atoms in total. The van der Waals surface area contributed by atoms with E-state index in [9.17, 15) is 13.2 Å². The number of anilines is 3. The van der Waals surface area contributed by atoms with Gasteiger partial charge in [0.2, 0.25) is 5.95 Å². The maximum Gasteiger partial charge on any atom is 0.416 e. The van der Waals surface area contributed by atoms with Crippen LogP contribution in [0.4, 0.5) is 30.5 Å². The molecule has 122 valence electrons. The Morgan fingerprint density at radius 2 is 1.75 bits per heavy atom. The van der Waals surface area contributed by atoms with Crippen molar-refractivity contribution >= 4 is 17.3 Å². The first kappa shape index (κ1) is 15.7. The van der Waals surface area contributed by atoms with Crippen LogP contribution >= 0.6 is 0 Å². The fourth-order valence-corrected chi connectivity index (χ4v) is 1.92. The number of hydrogen-bond donors (Lipinski definition) is 2. The van der Waals surface area contributed by atoms with Crippen molar-refractivity contribution in [3.8, 4) is 11.5 Å². The lowest BCUT2D eigenvalue weighted by atomic mass is 10.2. The maximum atomic E-state index is 12.7. The van der Waals surface area contributed by atoms with Crippen LogP contribution in [0.2, 0.25) is 0 Å². The van der Waals surface area contributed by atoms with Gasteiger partial charge >= 0.3 is 6.18 Å². The van der Waals surface area contributed by atoms with E-state index in [1.165, 1.54) is 30.7 Å². The lowest BCUT2D eigenvalue weighted by Gasteiger charge is -2.10. The van der Waals surface area contributed by atoms with Gasteiger partial charge in [0.25, 0.3) is 0 Å². The third kappa shape index (κ3) is 3.57. The third-order valence-corrected chi connectivity index (χ3v) is 3.00. The van der Waals surface area contributed by atoms with Gasteiger partial charge in [-0.1, -0.05) is 6.07 Å². The van der Waals surface area contributed by atoms with E-state index < -0.39 is 11.7 Å². The molecule has 0 aliphatic carbocycles. The van der Waals surface area contributed by atoms with Crippen molar-refractivity contribution in [2.75, 3.05) is 11.1 Å². The van der Waals surface area contributed by atoms with E-state index >= 15 is 0 Å². The second-order valence-corrected chi connectivity index (χ2v) is 4.81. The number of alkyl halides is 3. The van der Waals surface area contributed by atoms with E-state index in [1.807, 2.05) is 0 Å². The molecule has 0 spiro atoms. The first-order valence-electron chi connectivity index (χ1n) is 6.77. The van der Waals surface area contributed by atoms with E-state index in [0.717, 1.165) is 12.1 Å². The van der Waals surface area contributed by atoms with Crippen LogP contribution in [0, 0.1) is 0 Å². The molecule has 2 heterocycles. The first-order valence-corrected chi connectivity index (χ1v) is 6.77. The standard InChI is InChI=1S/C15H11F3N6/c16-15(17,18)9-2-1-3-11(6-9)23-14-20-5-4-12(24-14)13-21-7-10(19)8-22-13/h1-8H,19H2,(H,20,23,24). The highest BCUT2D eigenvalue weighted by Gasteiger charge is 2.30. The zero-order valence-corrected chi connectivity index (χ0v) is 12.1. The zero-order valence-electron chi connectivity index (χ0n) is 12.1. The van der Waals surface area contributed by atoms with Crippen molar-refractivity contribution in [2.24, 2.45) is 0 Å². The SMILES string of the molecule is Nc1cnc(-c2ccnc(Nc3cccc(C(F)(F)F)c3)n2)nc1. The molecule has 0 saturated heterocycles. The van der Waals surface area contributed by atoms with Crippen molar-refractivity contribution in [2.45, 2.75) is 6.18 Å². The number of hydrogen-bond acceptors (Lipinski definition) is 6. The van der Waals surface area contributed by atoms with E-state index in [2.05, 4.69) is 25.3 Å². The van der Waals surface area contributed by atoms with Gasteiger partial charge in [-0.2, -0.15) is 13.2 Å². The average molecular weight is 332 g/mol. The predicted octanol–water partition coefficient (Wildman–Crippen LogP) is 3.28. The van der Waals surface area contributed by atoms with Crippen molar-refractivity contribution in [1.29, 1.82) is 0 Å². The maximum absolute atomic E-state index is 12.7. The van der Waals surface area contributed by atoms with Crippen LogP contribution < -0.4 is 11.1 Å². The molecular weight excluding hydrogens is 321 g/mol. The number of aromatic nitrogens is 4. The third-order valence-electron chi connectivity index (χ3n) is 3.00. The molecule has 2 aromatic heterocycles. The second-order valence-electron chi connectivity index (χ2n) is 4.81. The molecule has 0 aliphatic heterocycles. The molecule has 0 saturated carbocycles. The molecule has 9 heteroatoms. The highest BCUT2D eigenvalue weighted by Crippen LogP contribution is 2.31. The van der Waals surface area contributed by atoms with E-state index in [0.29, 0.717) is 17.2 Å². The van der Waals surface area contributed by atoms with Gasteiger partial charge in [-0.3, -0.25) is 0 Å². The molecule has 1 aromatic carbocycles. The molecule has 0 radical (unpaired) electrons. The van der Waals surface area contributed by atoms with Crippen LogP contribution in [0.5, 0.6) is 0 Å². The summed E-state index contributed by atoms with van der Waals surface area (Å²) in [6, 6.07) is 6.35. The molecule has 0 aliphatic rings. The van der Waals surface area contributed by atoms with E-state index in [4.69, 9.17) is 5.73 Å². The predicted molar refractivity (Wildman–Crippen MR) is 82.2 cm³/mol. The van der Waals surface area contributed by atoms with Crippen LogP contribution in [0.1, 0.15) is 5.56 Å². The molecule has 24 heavy (non-hydrogen) atoms. The summed E-state index contributed by atoms with van der Waals surface area (Å²) in [6.07, 6.45) is -0.0924. The van der Waals surface area contributed by atoms with Crippen LogP contribution in [-0.2, 0) is 6.18 Å². The van der Waals surface area contributed by atoms with Crippen LogP contribution in [0.15, 0.2) is 48.9 Å². The highest BCUT2D eigenvalue weighted by atomic mass is 19.4. The summed E-state index contributed by atoms with van der Waals surface area (Å²) in [5.74, 6) is 0.464. The van der Waals surface area contributed by atoms with E-state index in [1.54, 1.807) is 6.07 Å². The van der Waals surface area contributed by atoms with Gasteiger partial charge in [-0.25, -0.2) is 19.9 Å². The Hall–Kier alpha value is -3.23. The molecular formula is C15H11F3N6. The smallest absolute Gasteiger partial charge is 0.396 e. The van der Waals surface area contributed by atoms with Crippen molar-refractivity contribution in [1.82, 2.24) is 19.9 Å². The Labute approximate surface area is 134 Å². The molecule has 0 fully saturated rings. The number of nitrogen functional groups attached to an aromatic ring is 1. The number of rotatable bonds is 3. The molecule has 3 N–H and O–H groups in total. The lowest BCUT2D eigenvalue weighted by Crippen LogP contribution is -2.06. The second kappa shape index (κ2) is 6.11. The Bertz CT molecular complexity index is 848. The molecule has 0 bridgehead atoms. The van der Waals surface area contributed by atoms with Gasteiger partial charge in [0.1, 0.15) is 5.69 Å². The molecule has 0 amide bonds. The Morgan fingerprint density at radius 1 is 1.00 bits per heavy atom. The minimum atomic E-state index is -4.42. The lowest BCUT2D eigenvalue weighted by molar-refractivity contribution is -0.137. The average Bonchev–Trinajstić information content (AvgIpc) is 2.55. The van der Waals surface area contributed by atoms with Gasteiger partial charge in [0.05, 0.1) is 23.6 Å². The van der Waals surface area contributed by atoms with E-state index in [-0.39, 0.29) is 11.6 Å². The number of halogens is 3. The minimum absolute atomic E-state index is 0.132. The van der Waals surface area contributed by atoms with Crippen LogP contribution in [-0.4, -0.2) is 19.9 Å². The van der Waals surface area contributed by atoms with Crippen molar-refractivity contribution < 1.29 is 13.2 Å². The fraction of sp³-hybridized carbons (Fsp3) is 0.0667. The number of nitrogens with zero attached hydrogens (tertiary/aromatic N) is 4. The molecule has 0 unspecified atom stereocenters. The van der Waals surface area contributed by atoms with Crippen LogP contribution in [0.3, 0.4) is 0 Å². The summed E-state index contributed by atoms with van der Waals surface area (Å²) in [5, 5.41) is 2.74. The van der Waals surface area contributed by atoms with Crippen molar-refractivity contribution in [3.63, 3.8) is 0 Å². The summed E-state index contributed by atoms with van der Waals surface area (Å²) >= 11 is 0. The summed E-state index contributed by atoms with van der Waals surface area (Å²) in [4.78, 5) is 16.3. The number of nitrogens with one attached hydrogen (secondary N) is 1. The summed E-state index contributed by atoms with van der Waals surface area (Å²) in [6.45, 7) is 0. The molecule has 0 atom stereocenters. The minimum Gasteiger partial charge on any atom is -0.396 e. The monoisotopic (exact) mass is 332 g/mol. The summed E-state index contributed by atoms with van der Waals surface area (Å²) in [5.41, 5.74) is 5.82. The van der Waals surface area contributed by atoms with Gasteiger partial charge < -0.3 is 11.1 Å². The quantitative estimate of drug-likeness (QED) is 0.765. The Kier molecular flexibility index (Phi) is 3.98. The zero-order chi connectivity index (χ0) is 17.2. The Morgan fingerprint density at radius 3 is 2.46 bits per heavy atom. The largest absolute Gasteiger partial charge is 0.416 e. The van der Waals surface area contributed by atoms with Crippen LogP contribution in [0.25, 0.3) is 11.5 Å². The first-order chi connectivity index (χ1) is 11.4.